The van der Waals surface area contributed by atoms with Gasteiger partial charge < -0.3 is 10.4 Å². The first-order chi connectivity index (χ1) is 12.0. The summed E-state index contributed by atoms with van der Waals surface area (Å²) in [4.78, 5) is 36.6. The quantitative estimate of drug-likeness (QED) is 0.787. The standard InChI is InChI=1S/C19H18N2O4/c22-17-11-16(19(25)21(17)12-14-4-2-1-3-5-14)20-15-8-6-13(7-9-15)10-18(23)24/h1-9,16,20H,10-12H2,(H,23,24)/t16-/m1/s1. The van der Waals surface area contributed by atoms with Gasteiger partial charge in [0.2, 0.25) is 5.91 Å². The first-order valence-corrected chi connectivity index (χ1v) is 7.98. The van der Waals surface area contributed by atoms with Crippen LogP contribution in [-0.2, 0) is 27.3 Å². The smallest absolute Gasteiger partial charge is 0.307 e. The third kappa shape index (κ3) is 4.03. The molecule has 25 heavy (non-hydrogen) atoms. The van der Waals surface area contributed by atoms with Gasteiger partial charge in [-0.25, -0.2) is 0 Å². The van der Waals surface area contributed by atoms with Gasteiger partial charge in [0.05, 0.1) is 19.4 Å². The van der Waals surface area contributed by atoms with Gasteiger partial charge >= 0.3 is 5.97 Å². The molecule has 2 aromatic carbocycles. The summed E-state index contributed by atoms with van der Waals surface area (Å²) < 4.78 is 0. The van der Waals surface area contributed by atoms with E-state index in [0.29, 0.717) is 11.3 Å². The number of imide groups is 1. The van der Waals surface area contributed by atoms with E-state index in [4.69, 9.17) is 5.11 Å². The summed E-state index contributed by atoms with van der Waals surface area (Å²) in [5.74, 6) is -1.34. The largest absolute Gasteiger partial charge is 0.481 e. The van der Waals surface area contributed by atoms with Crippen LogP contribution in [0.4, 0.5) is 5.69 Å². The molecule has 6 heteroatoms. The number of hydrogen-bond acceptors (Lipinski definition) is 4. The van der Waals surface area contributed by atoms with Crippen LogP contribution in [0.1, 0.15) is 17.5 Å². The van der Waals surface area contributed by atoms with Crippen LogP contribution >= 0.6 is 0 Å². The lowest BCUT2D eigenvalue weighted by molar-refractivity contribution is -0.139. The number of likely N-dealkylation sites (tertiary alicyclic amines) is 1. The minimum Gasteiger partial charge on any atom is -0.481 e. The van der Waals surface area contributed by atoms with Crippen molar-refractivity contribution in [3.63, 3.8) is 0 Å². The predicted octanol–water partition coefficient (Wildman–Crippen LogP) is 2.05. The van der Waals surface area contributed by atoms with Crippen LogP contribution in [0.15, 0.2) is 54.6 Å². The summed E-state index contributed by atoms with van der Waals surface area (Å²) in [6.45, 7) is 0.272. The number of carbonyl (C=O) groups excluding carboxylic acids is 2. The third-order valence-electron chi connectivity index (χ3n) is 4.08. The molecule has 6 nitrogen and oxygen atoms in total. The molecule has 0 bridgehead atoms. The molecule has 1 aliphatic rings. The van der Waals surface area contributed by atoms with Crippen molar-refractivity contribution in [3.05, 3.63) is 65.7 Å². The second-order valence-corrected chi connectivity index (χ2v) is 5.97. The molecule has 1 aliphatic heterocycles. The number of rotatable bonds is 6. The fourth-order valence-electron chi connectivity index (χ4n) is 2.82. The van der Waals surface area contributed by atoms with Crippen molar-refractivity contribution in [2.24, 2.45) is 0 Å². The normalized spacial score (nSPS) is 17.0. The monoisotopic (exact) mass is 338 g/mol. The van der Waals surface area contributed by atoms with Gasteiger partial charge in [0.25, 0.3) is 5.91 Å². The molecule has 3 rings (SSSR count). The molecule has 0 unspecified atom stereocenters. The summed E-state index contributed by atoms with van der Waals surface area (Å²) in [7, 11) is 0. The summed E-state index contributed by atoms with van der Waals surface area (Å²) in [5, 5.41) is 11.8. The van der Waals surface area contributed by atoms with E-state index in [1.165, 1.54) is 4.90 Å². The number of anilines is 1. The molecule has 2 amide bonds. The lowest BCUT2D eigenvalue weighted by Gasteiger charge is -2.16. The second kappa shape index (κ2) is 7.17. The third-order valence-corrected chi connectivity index (χ3v) is 4.08. The Labute approximate surface area is 145 Å². The molecule has 0 aliphatic carbocycles. The average Bonchev–Trinajstić information content (AvgIpc) is 2.85. The van der Waals surface area contributed by atoms with Gasteiger partial charge in [-0.15, -0.1) is 0 Å². The summed E-state index contributed by atoms with van der Waals surface area (Å²) >= 11 is 0. The Kier molecular flexibility index (Phi) is 4.79. The Morgan fingerprint density at radius 3 is 2.36 bits per heavy atom. The highest BCUT2D eigenvalue weighted by molar-refractivity contribution is 6.06. The maximum atomic E-state index is 12.5. The molecule has 1 atom stereocenters. The Bertz CT molecular complexity index is 787. The van der Waals surface area contributed by atoms with E-state index in [2.05, 4.69) is 5.32 Å². The van der Waals surface area contributed by atoms with E-state index in [-0.39, 0.29) is 31.2 Å². The maximum absolute atomic E-state index is 12.5. The van der Waals surface area contributed by atoms with E-state index in [1.807, 2.05) is 30.3 Å². The van der Waals surface area contributed by atoms with Crippen molar-refractivity contribution < 1.29 is 19.5 Å². The molecule has 2 aromatic rings. The number of nitrogens with zero attached hydrogens (tertiary/aromatic N) is 1. The highest BCUT2D eigenvalue weighted by Crippen LogP contribution is 2.21. The number of nitrogens with one attached hydrogen (secondary N) is 1. The first kappa shape index (κ1) is 16.7. The van der Waals surface area contributed by atoms with Gasteiger partial charge in [0.15, 0.2) is 0 Å². The fraction of sp³-hybridized carbons (Fsp3) is 0.211. The van der Waals surface area contributed by atoms with Gasteiger partial charge in [0, 0.05) is 5.69 Å². The number of amides is 2. The molecular weight excluding hydrogens is 320 g/mol. The minimum absolute atomic E-state index is 0.0496. The van der Waals surface area contributed by atoms with Crippen molar-refractivity contribution in [1.29, 1.82) is 0 Å². The number of hydrogen-bond donors (Lipinski definition) is 2. The predicted molar refractivity (Wildman–Crippen MR) is 91.8 cm³/mol. The van der Waals surface area contributed by atoms with E-state index >= 15 is 0 Å². The molecular formula is C19H18N2O4. The number of benzene rings is 2. The lowest BCUT2D eigenvalue weighted by Crippen LogP contribution is -2.34. The van der Waals surface area contributed by atoms with E-state index in [9.17, 15) is 14.4 Å². The van der Waals surface area contributed by atoms with Gasteiger partial charge in [0.1, 0.15) is 6.04 Å². The Hall–Kier alpha value is -3.15. The van der Waals surface area contributed by atoms with Crippen molar-refractivity contribution in [2.75, 3.05) is 5.32 Å². The van der Waals surface area contributed by atoms with Crippen LogP contribution in [-0.4, -0.2) is 33.8 Å². The summed E-state index contributed by atoms with van der Waals surface area (Å²) in [6, 6.07) is 15.6. The molecule has 128 valence electrons. The van der Waals surface area contributed by atoms with Gasteiger partial charge in [-0.3, -0.25) is 19.3 Å². The Morgan fingerprint density at radius 2 is 1.72 bits per heavy atom. The second-order valence-electron chi connectivity index (χ2n) is 5.97. The summed E-state index contributed by atoms with van der Waals surface area (Å²) in [6.07, 6.45) is 0.0640. The average molecular weight is 338 g/mol. The Morgan fingerprint density at radius 1 is 1.04 bits per heavy atom. The zero-order valence-corrected chi connectivity index (χ0v) is 13.5. The summed E-state index contributed by atoms with van der Waals surface area (Å²) in [5.41, 5.74) is 2.27. The van der Waals surface area contributed by atoms with Crippen LogP contribution in [0.25, 0.3) is 0 Å². The van der Waals surface area contributed by atoms with Gasteiger partial charge in [-0.2, -0.15) is 0 Å². The minimum atomic E-state index is -0.895. The molecule has 1 saturated heterocycles. The van der Waals surface area contributed by atoms with Gasteiger partial charge in [-0.1, -0.05) is 42.5 Å². The number of carboxylic acid groups (broad SMARTS) is 1. The van der Waals surface area contributed by atoms with Crippen LogP contribution in [0, 0.1) is 0 Å². The van der Waals surface area contributed by atoms with E-state index < -0.39 is 12.0 Å². The highest BCUT2D eigenvalue weighted by Gasteiger charge is 2.38. The number of carbonyl (C=O) groups is 3. The van der Waals surface area contributed by atoms with Gasteiger partial charge in [-0.05, 0) is 23.3 Å². The van der Waals surface area contributed by atoms with Crippen molar-refractivity contribution in [3.8, 4) is 0 Å². The highest BCUT2D eigenvalue weighted by atomic mass is 16.4. The molecule has 1 fully saturated rings. The van der Waals surface area contributed by atoms with Crippen molar-refractivity contribution in [1.82, 2.24) is 4.90 Å². The van der Waals surface area contributed by atoms with Crippen LogP contribution < -0.4 is 5.32 Å². The number of carboxylic acids is 1. The Balaban J connectivity index is 1.65. The topological polar surface area (TPSA) is 86.7 Å². The molecule has 2 N–H and O–H groups in total. The first-order valence-electron chi connectivity index (χ1n) is 7.98. The molecule has 0 radical (unpaired) electrons. The number of aliphatic carboxylic acids is 1. The zero-order chi connectivity index (χ0) is 17.8. The van der Waals surface area contributed by atoms with E-state index in [0.717, 1.165) is 5.56 Å². The maximum Gasteiger partial charge on any atom is 0.307 e. The van der Waals surface area contributed by atoms with Crippen molar-refractivity contribution in [2.45, 2.75) is 25.4 Å². The molecule has 0 saturated carbocycles. The van der Waals surface area contributed by atoms with E-state index in [1.54, 1.807) is 24.3 Å². The van der Waals surface area contributed by atoms with Crippen LogP contribution in [0.5, 0.6) is 0 Å². The zero-order valence-electron chi connectivity index (χ0n) is 13.5. The molecule has 0 aromatic heterocycles. The SMILES string of the molecule is O=C(O)Cc1ccc(N[C@@H]2CC(=O)N(Cc3ccccc3)C2=O)cc1. The molecule has 0 spiro atoms. The van der Waals surface area contributed by atoms with Crippen molar-refractivity contribution >= 4 is 23.5 Å². The molecule has 1 heterocycles. The van der Waals surface area contributed by atoms with Crippen LogP contribution in [0.3, 0.4) is 0 Å². The van der Waals surface area contributed by atoms with Crippen LogP contribution in [0.2, 0.25) is 0 Å². The fourth-order valence-corrected chi connectivity index (χ4v) is 2.82. The lowest BCUT2D eigenvalue weighted by atomic mass is 10.1.